The molecule has 0 saturated carbocycles. The highest BCUT2D eigenvalue weighted by Gasteiger charge is 2.22. The topological polar surface area (TPSA) is 71.5 Å². The van der Waals surface area contributed by atoms with Crippen LogP contribution in [0.25, 0.3) is 11.0 Å². The first kappa shape index (κ1) is 16.8. The van der Waals surface area contributed by atoms with Gasteiger partial charge in [-0.05, 0) is 45.0 Å². The van der Waals surface area contributed by atoms with Gasteiger partial charge in [0, 0.05) is 19.1 Å². The van der Waals surface area contributed by atoms with E-state index in [1.165, 1.54) is 19.4 Å². The van der Waals surface area contributed by atoms with Crippen LogP contribution >= 0.6 is 0 Å². The number of para-hydroxylation sites is 2. The highest BCUT2D eigenvalue weighted by molar-refractivity contribution is 5.78. The number of hydrogen-bond donors (Lipinski definition) is 2. The van der Waals surface area contributed by atoms with Crippen LogP contribution in [0.4, 0.5) is 0 Å². The standard InChI is InChI=1S/C18H28N6/c1-3-23-11-6-7-15(23)13-21-18(19)20-10-12-24-14(2)22-16-8-4-5-9-17(16)24/h4-5,8-9,15H,3,6-7,10-13H2,1-2H3,(H3,19,20,21). The van der Waals surface area contributed by atoms with Crippen LogP contribution in [0, 0.1) is 6.92 Å². The molecule has 0 bridgehead atoms. The van der Waals surface area contributed by atoms with Crippen molar-refractivity contribution in [2.24, 2.45) is 10.7 Å². The SMILES string of the molecule is CCN1CCCC1CN=C(N)NCCn1c(C)nc2ccccc21. The van der Waals surface area contributed by atoms with Crippen molar-refractivity contribution in [1.82, 2.24) is 19.8 Å². The molecule has 0 aliphatic carbocycles. The second-order valence-corrected chi connectivity index (χ2v) is 6.38. The van der Waals surface area contributed by atoms with Gasteiger partial charge in [-0.25, -0.2) is 4.98 Å². The van der Waals surface area contributed by atoms with E-state index in [1.54, 1.807) is 0 Å². The molecule has 1 aromatic heterocycles. The van der Waals surface area contributed by atoms with Crippen molar-refractivity contribution in [2.45, 2.75) is 39.3 Å². The fraction of sp³-hybridized carbons (Fsp3) is 0.556. The predicted molar refractivity (Wildman–Crippen MR) is 99.2 cm³/mol. The van der Waals surface area contributed by atoms with Gasteiger partial charge in [0.25, 0.3) is 0 Å². The van der Waals surface area contributed by atoms with Gasteiger partial charge < -0.3 is 15.6 Å². The molecule has 0 amide bonds. The Hall–Kier alpha value is -2.08. The van der Waals surface area contributed by atoms with E-state index in [0.717, 1.165) is 43.0 Å². The molecule has 1 atom stereocenters. The molecule has 6 heteroatoms. The molecule has 130 valence electrons. The summed E-state index contributed by atoms with van der Waals surface area (Å²) in [5.74, 6) is 1.57. The molecule has 24 heavy (non-hydrogen) atoms. The zero-order chi connectivity index (χ0) is 16.9. The highest BCUT2D eigenvalue weighted by Crippen LogP contribution is 2.16. The average Bonchev–Trinajstić information content (AvgIpc) is 3.17. The Morgan fingerprint density at radius 1 is 1.42 bits per heavy atom. The van der Waals surface area contributed by atoms with E-state index in [2.05, 4.69) is 37.8 Å². The van der Waals surface area contributed by atoms with Gasteiger partial charge in [-0.15, -0.1) is 0 Å². The number of aromatic nitrogens is 2. The Labute approximate surface area is 143 Å². The molecule has 0 radical (unpaired) electrons. The number of imidazole rings is 1. The van der Waals surface area contributed by atoms with Crippen LogP contribution < -0.4 is 11.1 Å². The van der Waals surface area contributed by atoms with Crippen molar-refractivity contribution in [1.29, 1.82) is 0 Å². The monoisotopic (exact) mass is 328 g/mol. The molecule has 1 aromatic carbocycles. The van der Waals surface area contributed by atoms with Gasteiger partial charge >= 0.3 is 0 Å². The normalized spacial score (nSPS) is 19.2. The zero-order valence-electron chi connectivity index (χ0n) is 14.7. The fourth-order valence-corrected chi connectivity index (χ4v) is 3.55. The molecule has 6 nitrogen and oxygen atoms in total. The maximum atomic E-state index is 6.02. The van der Waals surface area contributed by atoms with E-state index >= 15 is 0 Å². The minimum absolute atomic E-state index is 0.542. The van der Waals surface area contributed by atoms with E-state index in [0.29, 0.717) is 12.0 Å². The lowest BCUT2D eigenvalue weighted by atomic mass is 10.2. The number of nitrogens with two attached hydrogens (primary N) is 1. The third kappa shape index (κ3) is 3.70. The maximum Gasteiger partial charge on any atom is 0.188 e. The van der Waals surface area contributed by atoms with Crippen LogP contribution in [-0.4, -0.2) is 52.6 Å². The number of benzene rings is 1. The van der Waals surface area contributed by atoms with Gasteiger partial charge in [0.1, 0.15) is 5.82 Å². The second kappa shape index (κ2) is 7.66. The number of rotatable bonds is 6. The minimum atomic E-state index is 0.542. The van der Waals surface area contributed by atoms with Crippen LogP contribution in [-0.2, 0) is 6.54 Å². The number of likely N-dealkylation sites (N-methyl/N-ethyl adjacent to an activating group) is 1. The van der Waals surface area contributed by atoms with Gasteiger partial charge in [0.15, 0.2) is 5.96 Å². The zero-order valence-corrected chi connectivity index (χ0v) is 14.7. The third-order valence-electron chi connectivity index (χ3n) is 4.86. The lowest BCUT2D eigenvalue weighted by molar-refractivity contribution is 0.273. The number of guanidine groups is 1. The van der Waals surface area contributed by atoms with Crippen molar-refractivity contribution in [3.05, 3.63) is 30.1 Å². The number of aliphatic imine (C=N–C) groups is 1. The summed E-state index contributed by atoms with van der Waals surface area (Å²) in [6.07, 6.45) is 2.50. The van der Waals surface area contributed by atoms with E-state index in [1.807, 2.05) is 25.1 Å². The summed E-state index contributed by atoms with van der Waals surface area (Å²) >= 11 is 0. The Kier molecular flexibility index (Phi) is 5.35. The van der Waals surface area contributed by atoms with Crippen LogP contribution in [0.5, 0.6) is 0 Å². The number of fused-ring (bicyclic) bond motifs is 1. The van der Waals surface area contributed by atoms with Crippen LogP contribution in [0.2, 0.25) is 0 Å². The van der Waals surface area contributed by atoms with Gasteiger partial charge in [0.2, 0.25) is 0 Å². The molecule has 2 aromatic rings. The van der Waals surface area contributed by atoms with Gasteiger partial charge in [0.05, 0.1) is 17.6 Å². The Bertz CT molecular complexity index is 705. The summed E-state index contributed by atoms with van der Waals surface area (Å²) in [5, 5.41) is 3.23. The fourth-order valence-electron chi connectivity index (χ4n) is 3.55. The summed E-state index contributed by atoms with van der Waals surface area (Å²) in [5.41, 5.74) is 8.23. The summed E-state index contributed by atoms with van der Waals surface area (Å²) < 4.78 is 2.21. The quantitative estimate of drug-likeness (QED) is 0.626. The molecule has 0 spiro atoms. The van der Waals surface area contributed by atoms with Crippen molar-refractivity contribution < 1.29 is 0 Å². The Morgan fingerprint density at radius 2 is 2.25 bits per heavy atom. The number of nitrogens with one attached hydrogen (secondary N) is 1. The summed E-state index contributed by atoms with van der Waals surface area (Å²) in [4.78, 5) is 11.6. The van der Waals surface area contributed by atoms with Gasteiger partial charge in [-0.3, -0.25) is 9.89 Å². The highest BCUT2D eigenvalue weighted by atomic mass is 15.2. The largest absolute Gasteiger partial charge is 0.370 e. The first-order chi connectivity index (χ1) is 11.7. The predicted octanol–water partition coefficient (Wildman–Crippen LogP) is 1.73. The van der Waals surface area contributed by atoms with E-state index in [9.17, 15) is 0 Å². The second-order valence-electron chi connectivity index (χ2n) is 6.38. The number of hydrogen-bond acceptors (Lipinski definition) is 3. The number of nitrogens with zero attached hydrogens (tertiary/aromatic N) is 4. The van der Waals surface area contributed by atoms with Crippen molar-refractivity contribution in [3.63, 3.8) is 0 Å². The third-order valence-corrected chi connectivity index (χ3v) is 4.86. The molecule has 1 unspecified atom stereocenters. The average molecular weight is 328 g/mol. The molecule has 1 aliphatic heterocycles. The number of likely N-dealkylation sites (tertiary alicyclic amines) is 1. The van der Waals surface area contributed by atoms with E-state index in [4.69, 9.17) is 5.73 Å². The Balaban J connectivity index is 1.52. The summed E-state index contributed by atoms with van der Waals surface area (Å²) in [7, 11) is 0. The molecule has 2 heterocycles. The summed E-state index contributed by atoms with van der Waals surface area (Å²) in [6.45, 7) is 8.90. The molecule has 1 saturated heterocycles. The van der Waals surface area contributed by atoms with E-state index < -0.39 is 0 Å². The van der Waals surface area contributed by atoms with Gasteiger partial charge in [-0.2, -0.15) is 0 Å². The molecule has 1 aliphatic rings. The number of aryl methyl sites for hydroxylation is 1. The van der Waals surface area contributed by atoms with Gasteiger partial charge in [-0.1, -0.05) is 19.1 Å². The minimum Gasteiger partial charge on any atom is -0.370 e. The van der Waals surface area contributed by atoms with Crippen molar-refractivity contribution >= 4 is 17.0 Å². The maximum absolute atomic E-state index is 6.02. The van der Waals surface area contributed by atoms with Crippen molar-refractivity contribution in [3.8, 4) is 0 Å². The molecular weight excluding hydrogens is 300 g/mol. The van der Waals surface area contributed by atoms with Crippen LogP contribution in [0.15, 0.2) is 29.3 Å². The first-order valence-corrected chi connectivity index (χ1v) is 8.88. The lowest BCUT2D eigenvalue weighted by Crippen LogP contribution is -2.37. The first-order valence-electron chi connectivity index (χ1n) is 8.88. The molecular formula is C18H28N6. The molecule has 3 rings (SSSR count). The van der Waals surface area contributed by atoms with E-state index in [-0.39, 0.29) is 0 Å². The Morgan fingerprint density at radius 3 is 3.08 bits per heavy atom. The molecule has 3 N–H and O–H groups in total. The van der Waals surface area contributed by atoms with Crippen LogP contribution in [0.3, 0.4) is 0 Å². The molecule has 1 fully saturated rings. The smallest absolute Gasteiger partial charge is 0.188 e. The van der Waals surface area contributed by atoms with Crippen molar-refractivity contribution in [2.75, 3.05) is 26.2 Å². The lowest BCUT2D eigenvalue weighted by Gasteiger charge is -2.21. The van der Waals surface area contributed by atoms with Crippen LogP contribution in [0.1, 0.15) is 25.6 Å². The summed E-state index contributed by atoms with van der Waals surface area (Å²) in [6, 6.07) is 8.76.